The van der Waals surface area contributed by atoms with E-state index >= 15 is 0 Å². The van der Waals surface area contributed by atoms with Crippen LogP contribution in [0.4, 0.5) is 10.2 Å². The van der Waals surface area contributed by atoms with E-state index in [1.165, 1.54) is 12.3 Å². The number of aromatic carboxylic acids is 1. The van der Waals surface area contributed by atoms with Crippen molar-refractivity contribution in [1.29, 1.82) is 0 Å². The molecular weight excluding hydrogens is 249 g/mol. The minimum Gasteiger partial charge on any atom is -0.478 e. The van der Waals surface area contributed by atoms with Gasteiger partial charge in [-0.25, -0.2) is 14.2 Å². The summed E-state index contributed by atoms with van der Waals surface area (Å²) in [5.41, 5.74) is -0.336. The quantitative estimate of drug-likeness (QED) is 0.894. The van der Waals surface area contributed by atoms with Crippen LogP contribution < -0.4 is 4.90 Å². The van der Waals surface area contributed by atoms with Gasteiger partial charge in [0.25, 0.3) is 0 Å². The number of carbonyl (C=O) groups is 1. The Morgan fingerprint density at radius 2 is 2.42 bits per heavy atom. The zero-order valence-corrected chi connectivity index (χ0v) is 11.1. The predicted octanol–water partition coefficient (Wildman–Crippen LogP) is 1.45. The molecule has 104 valence electrons. The van der Waals surface area contributed by atoms with Crippen LogP contribution in [0.5, 0.6) is 0 Å². The second kappa shape index (κ2) is 5.52. The maximum absolute atomic E-state index is 14.0. The topological polar surface area (TPSA) is 56.7 Å². The standard InChI is InChI=1S/C13H18FN3O2/c1-16-7-3-4-9(16)8-17(2)12-11(14)10(13(18)19)5-6-15-12/h5-6,9H,3-4,7-8H2,1-2H3,(H,18,19). The van der Waals surface area contributed by atoms with Crippen LogP contribution in [0, 0.1) is 5.82 Å². The third-order valence-electron chi connectivity index (χ3n) is 3.62. The summed E-state index contributed by atoms with van der Waals surface area (Å²) in [7, 11) is 3.78. The number of hydrogen-bond donors (Lipinski definition) is 1. The molecule has 0 radical (unpaired) electrons. The normalized spacial score (nSPS) is 19.6. The van der Waals surface area contributed by atoms with Crippen molar-refractivity contribution in [3.63, 3.8) is 0 Å². The summed E-state index contributed by atoms with van der Waals surface area (Å²) in [5, 5.41) is 8.90. The number of likely N-dealkylation sites (tertiary alicyclic amines) is 1. The lowest BCUT2D eigenvalue weighted by Crippen LogP contribution is -2.37. The Balaban J connectivity index is 2.17. The minimum atomic E-state index is -1.27. The Bertz CT molecular complexity index is 481. The Morgan fingerprint density at radius 3 is 3.00 bits per heavy atom. The lowest BCUT2D eigenvalue weighted by Gasteiger charge is -2.26. The molecule has 19 heavy (non-hydrogen) atoms. The van der Waals surface area contributed by atoms with Crippen LogP contribution in [0.15, 0.2) is 12.3 Å². The molecule has 1 aliphatic rings. The maximum atomic E-state index is 14.0. The average Bonchev–Trinajstić information content (AvgIpc) is 2.74. The van der Waals surface area contributed by atoms with Gasteiger partial charge in [-0.05, 0) is 32.5 Å². The van der Waals surface area contributed by atoms with Crippen molar-refractivity contribution in [3.05, 3.63) is 23.6 Å². The van der Waals surface area contributed by atoms with Gasteiger partial charge in [-0.3, -0.25) is 0 Å². The third-order valence-corrected chi connectivity index (χ3v) is 3.62. The van der Waals surface area contributed by atoms with Crippen LogP contribution in [0.25, 0.3) is 0 Å². The van der Waals surface area contributed by atoms with Gasteiger partial charge >= 0.3 is 5.97 Å². The molecule has 2 heterocycles. The van der Waals surface area contributed by atoms with Gasteiger partial charge < -0.3 is 14.9 Å². The second-order valence-corrected chi connectivity index (χ2v) is 4.96. The predicted molar refractivity (Wildman–Crippen MR) is 70.1 cm³/mol. The van der Waals surface area contributed by atoms with Crippen LogP contribution in [0.2, 0.25) is 0 Å². The van der Waals surface area contributed by atoms with Gasteiger partial charge in [-0.2, -0.15) is 0 Å². The van der Waals surface area contributed by atoms with Crippen molar-refractivity contribution < 1.29 is 14.3 Å². The number of carboxylic acids is 1. The number of aromatic nitrogens is 1. The number of nitrogens with zero attached hydrogens (tertiary/aromatic N) is 3. The number of pyridine rings is 1. The van der Waals surface area contributed by atoms with E-state index in [9.17, 15) is 9.18 Å². The van der Waals surface area contributed by atoms with Crippen LogP contribution in [-0.4, -0.2) is 54.2 Å². The van der Waals surface area contributed by atoms with Crippen LogP contribution in [0.1, 0.15) is 23.2 Å². The highest BCUT2D eigenvalue weighted by atomic mass is 19.1. The molecular formula is C13H18FN3O2. The van der Waals surface area contributed by atoms with E-state index in [1.807, 2.05) is 7.05 Å². The van der Waals surface area contributed by atoms with Crippen molar-refractivity contribution in [2.45, 2.75) is 18.9 Å². The van der Waals surface area contributed by atoms with Gasteiger partial charge in [-0.1, -0.05) is 0 Å². The summed E-state index contributed by atoms with van der Waals surface area (Å²) >= 11 is 0. The number of likely N-dealkylation sites (N-methyl/N-ethyl adjacent to an activating group) is 2. The van der Waals surface area contributed by atoms with Gasteiger partial charge in [0.05, 0.1) is 0 Å². The molecule has 0 amide bonds. The smallest absolute Gasteiger partial charge is 0.338 e. The zero-order chi connectivity index (χ0) is 14.0. The molecule has 1 aromatic heterocycles. The monoisotopic (exact) mass is 267 g/mol. The molecule has 2 rings (SSSR count). The van der Waals surface area contributed by atoms with E-state index in [-0.39, 0.29) is 11.4 Å². The minimum absolute atomic E-state index is 0.0974. The van der Waals surface area contributed by atoms with Crippen LogP contribution in [-0.2, 0) is 0 Å². The molecule has 1 unspecified atom stereocenters. The molecule has 6 heteroatoms. The van der Waals surface area contributed by atoms with Crippen molar-refractivity contribution >= 4 is 11.8 Å². The first-order chi connectivity index (χ1) is 9.00. The highest BCUT2D eigenvalue weighted by molar-refractivity contribution is 5.88. The molecule has 0 spiro atoms. The van der Waals surface area contributed by atoms with E-state index < -0.39 is 11.8 Å². The Labute approximate surface area is 111 Å². The molecule has 1 atom stereocenters. The molecule has 1 saturated heterocycles. The summed E-state index contributed by atoms with van der Waals surface area (Å²) in [5.74, 6) is -1.94. The molecule has 0 aromatic carbocycles. The lowest BCUT2D eigenvalue weighted by atomic mass is 10.2. The van der Waals surface area contributed by atoms with Crippen molar-refractivity contribution in [3.8, 4) is 0 Å². The van der Waals surface area contributed by atoms with Gasteiger partial charge in [-0.15, -0.1) is 0 Å². The SMILES string of the molecule is CN(CC1CCCN1C)c1nccc(C(=O)O)c1F. The van der Waals surface area contributed by atoms with E-state index in [0.717, 1.165) is 19.4 Å². The van der Waals surface area contributed by atoms with Crippen molar-refractivity contribution in [2.75, 3.05) is 32.1 Å². The van der Waals surface area contributed by atoms with E-state index in [2.05, 4.69) is 9.88 Å². The highest BCUT2D eigenvalue weighted by Crippen LogP contribution is 2.21. The van der Waals surface area contributed by atoms with Gasteiger partial charge in [0.1, 0.15) is 5.56 Å². The highest BCUT2D eigenvalue weighted by Gasteiger charge is 2.24. The fraction of sp³-hybridized carbons (Fsp3) is 0.538. The van der Waals surface area contributed by atoms with Gasteiger partial charge in [0.2, 0.25) is 0 Å². The Kier molecular flexibility index (Phi) is 3.99. The molecule has 1 fully saturated rings. The maximum Gasteiger partial charge on any atom is 0.338 e. The van der Waals surface area contributed by atoms with Crippen LogP contribution >= 0.6 is 0 Å². The fourth-order valence-corrected chi connectivity index (χ4v) is 2.48. The number of carboxylic acid groups (broad SMARTS) is 1. The summed E-state index contributed by atoms with van der Waals surface area (Å²) < 4.78 is 14.0. The molecule has 1 aromatic rings. The number of anilines is 1. The first kappa shape index (κ1) is 13.7. The first-order valence-electron chi connectivity index (χ1n) is 6.30. The molecule has 0 bridgehead atoms. The Morgan fingerprint density at radius 1 is 1.68 bits per heavy atom. The van der Waals surface area contributed by atoms with E-state index in [4.69, 9.17) is 5.11 Å². The average molecular weight is 267 g/mol. The van der Waals surface area contributed by atoms with E-state index in [1.54, 1.807) is 11.9 Å². The van der Waals surface area contributed by atoms with Gasteiger partial charge in [0.15, 0.2) is 11.6 Å². The molecule has 1 N–H and O–H groups in total. The molecule has 1 aliphatic heterocycles. The molecule has 0 saturated carbocycles. The third kappa shape index (κ3) is 2.84. The number of hydrogen-bond acceptors (Lipinski definition) is 4. The molecule has 5 nitrogen and oxygen atoms in total. The number of rotatable bonds is 4. The van der Waals surface area contributed by atoms with Crippen molar-refractivity contribution in [2.24, 2.45) is 0 Å². The zero-order valence-electron chi connectivity index (χ0n) is 11.1. The second-order valence-electron chi connectivity index (χ2n) is 4.96. The summed E-state index contributed by atoms with van der Waals surface area (Å²) in [4.78, 5) is 18.8. The Hall–Kier alpha value is -1.69. The largest absolute Gasteiger partial charge is 0.478 e. The first-order valence-corrected chi connectivity index (χ1v) is 6.30. The summed E-state index contributed by atoms with van der Waals surface area (Å²) in [6, 6.07) is 1.54. The summed E-state index contributed by atoms with van der Waals surface area (Å²) in [6.45, 7) is 1.69. The lowest BCUT2D eigenvalue weighted by molar-refractivity contribution is 0.0692. The van der Waals surface area contributed by atoms with E-state index in [0.29, 0.717) is 12.6 Å². The number of halogens is 1. The summed E-state index contributed by atoms with van der Waals surface area (Å²) in [6.07, 6.45) is 3.54. The molecule has 0 aliphatic carbocycles. The fourth-order valence-electron chi connectivity index (χ4n) is 2.48. The van der Waals surface area contributed by atoms with Gasteiger partial charge in [0, 0.05) is 25.8 Å². The van der Waals surface area contributed by atoms with Crippen LogP contribution in [0.3, 0.4) is 0 Å². The van der Waals surface area contributed by atoms with Crippen molar-refractivity contribution in [1.82, 2.24) is 9.88 Å².